The molecule has 0 saturated heterocycles. The molecule has 2 nitrogen and oxygen atoms in total. The fourth-order valence-electron chi connectivity index (χ4n) is 10.7. The molecular weight excluding hydrogens is 951 g/mol. The van der Waals surface area contributed by atoms with E-state index < -0.39 is 0 Å². The normalized spacial score (nSPS) is 12.1. The number of rotatable bonds is 49. The van der Waals surface area contributed by atoms with Gasteiger partial charge in [-0.1, -0.05) is 322 Å². The van der Waals surface area contributed by atoms with Crippen molar-refractivity contribution in [2.45, 2.75) is 349 Å². The Morgan fingerprint density at radius 1 is 0.333 bits per heavy atom. The molecular formula is C72H126N2Ni. The molecule has 3 heteroatoms. The summed E-state index contributed by atoms with van der Waals surface area (Å²) in [4.78, 5) is 0. The fourth-order valence-corrected chi connectivity index (χ4v) is 10.7. The van der Waals surface area contributed by atoms with Crippen LogP contribution in [0.25, 0.3) is 16.9 Å². The van der Waals surface area contributed by atoms with Crippen LogP contribution >= 0.6 is 0 Å². The Labute approximate surface area is 481 Å². The van der Waals surface area contributed by atoms with Gasteiger partial charge in [0.2, 0.25) is 11.4 Å². The smallest absolute Gasteiger partial charge is 0.493 e. The first kappa shape index (κ1) is 73.0. The second kappa shape index (κ2) is 56.7. The molecule has 0 spiro atoms. The molecule has 1 heterocycles. The molecule has 0 saturated carbocycles. The summed E-state index contributed by atoms with van der Waals surface area (Å²) in [5.74, 6) is 0. The Kier molecular flexibility index (Phi) is 55.2. The minimum Gasteiger partial charge on any atom is -0.493 e. The van der Waals surface area contributed by atoms with Gasteiger partial charge in [-0.25, -0.2) is 4.70 Å². The van der Waals surface area contributed by atoms with E-state index in [-0.39, 0.29) is 16.5 Å². The number of benzene rings is 2. The van der Waals surface area contributed by atoms with Crippen molar-refractivity contribution >= 4 is 11.4 Å². The van der Waals surface area contributed by atoms with Crippen LogP contribution in [0.2, 0.25) is 0 Å². The number of hydrogen-bond donors (Lipinski definition) is 0. The number of unbranched alkanes of at least 4 members (excludes halogenated alkanes) is 41. The van der Waals surface area contributed by atoms with Gasteiger partial charge in [-0.15, -0.1) is 0 Å². The van der Waals surface area contributed by atoms with Crippen molar-refractivity contribution in [3.63, 3.8) is 0 Å². The van der Waals surface area contributed by atoms with Crippen molar-refractivity contribution in [2.75, 3.05) is 0 Å². The van der Waals surface area contributed by atoms with Crippen LogP contribution in [0.5, 0.6) is 0 Å². The Bertz CT molecular complexity index is 1510. The van der Waals surface area contributed by atoms with Crippen LogP contribution < -0.4 is 0 Å². The molecule has 434 valence electrons. The van der Waals surface area contributed by atoms with Gasteiger partial charge in [0.15, 0.2) is 0 Å². The van der Waals surface area contributed by atoms with Gasteiger partial charge in [-0.2, -0.15) is 12.8 Å². The molecule has 0 aromatic heterocycles. The molecule has 0 fully saturated rings. The summed E-state index contributed by atoms with van der Waals surface area (Å²) in [6.07, 6.45) is 69.7. The zero-order valence-corrected chi connectivity index (χ0v) is 52.0. The van der Waals surface area contributed by atoms with Gasteiger partial charge < -0.3 is 19.4 Å². The van der Waals surface area contributed by atoms with Gasteiger partial charge in [-0.05, 0) is 73.9 Å². The maximum atomic E-state index is 11.3. The van der Waals surface area contributed by atoms with Gasteiger partial charge in [0.25, 0.3) is 0 Å². The van der Waals surface area contributed by atoms with Crippen LogP contribution in [0, 0.1) is 13.8 Å². The maximum Gasteiger partial charge on any atom is 2.00 e. The van der Waals surface area contributed by atoms with Crippen LogP contribution in [0.15, 0.2) is 60.2 Å². The average Bonchev–Trinajstić information content (AvgIpc) is 3.75. The summed E-state index contributed by atoms with van der Waals surface area (Å²) < 4.78 is 1.45. The van der Waals surface area contributed by atoms with Crippen LogP contribution in [0.1, 0.15) is 359 Å². The number of hydrogen-bond acceptors (Lipinski definition) is 0. The van der Waals surface area contributed by atoms with E-state index in [2.05, 4.69) is 103 Å². The molecule has 0 N–H and O–H groups in total. The Morgan fingerprint density at radius 2 is 0.613 bits per heavy atom. The molecule has 0 unspecified atom stereocenters. The monoisotopic (exact) mass is 1080 g/mol. The zero-order valence-electron chi connectivity index (χ0n) is 51.0. The molecule has 0 radical (unpaired) electrons. The van der Waals surface area contributed by atoms with Crippen molar-refractivity contribution in [3.8, 4) is 0 Å². The van der Waals surface area contributed by atoms with Gasteiger partial charge in [0.05, 0.1) is 0 Å². The zero-order chi connectivity index (χ0) is 53.6. The molecule has 3 rings (SSSR count). The molecule has 0 bridgehead atoms. The van der Waals surface area contributed by atoms with Crippen LogP contribution in [-0.4, -0.2) is 4.70 Å². The van der Waals surface area contributed by atoms with E-state index in [1.807, 2.05) is 0 Å². The fraction of sp³-hybridized carbons (Fsp3) is 0.750. The van der Waals surface area contributed by atoms with Crippen molar-refractivity contribution in [1.82, 2.24) is 0 Å². The molecule has 2 aromatic rings. The van der Waals surface area contributed by atoms with E-state index in [9.17, 15) is 5.53 Å². The standard InChI is InChI=1S/C30H40N2.2C21H43.Ni/c1-4-7-10-14-24-16-12-19-26(21-24)29-23-28(18-9-6-3)30(32(29)31)27-20-13-17-25(22-27)15-11-8-5-2;2*1-3-5-7-9-11-13-15-17-19-21-20-18-16-14-12-10-8-6-4-2;/h12-13,16-17,19-23H,4-11,14-15,18H2,1-3H3;2*1,3-21H2,2H3;/q;2*-1;+2. The summed E-state index contributed by atoms with van der Waals surface area (Å²) >= 11 is 0. The van der Waals surface area contributed by atoms with E-state index in [0.29, 0.717) is 0 Å². The Balaban J connectivity index is 0.00000113. The van der Waals surface area contributed by atoms with Gasteiger partial charge >= 0.3 is 16.5 Å². The summed E-state index contributed by atoms with van der Waals surface area (Å²) in [6.45, 7) is 19.1. The minimum atomic E-state index is 0. The van der Waals surface area contributed by atoms with Gasteiger partial charge in [0, 0.05) is 22.8 Å². The second-order valence-corrected chi connectivity index (χ2v) is 22.9. The minimum absolute atomic E-state index is 0. The first-order valence-electron chi connectivity index (χ1n) is 33.2. The Hall–Kier alpha value is -1.99. The summed E-state index contributed by atoms with van der Waals surface area (Å²) in [5, 5.41) is 0. The van der Waals surface area contributed by atoms with Crippen molar-refractivity contribution in [3.05, 3.63) is 102 Å². The summed E-state index contributed by atoms with van der Waals surface area (Å²) in [7, 11) is 0. The number of allylic oxidation sites excluding steroid dienone is 2. The molecule has 1 aliphatic rings. The van der Waals surface area contributed by atoms with Crippen LogP contribution in [0.4, 0.5) is 0 Å². The number of aryl methyl sites for hydroxylation is 2. The van der Waals surface area contributed by atoms with Gasteiger partial charge in [-0.3, -0.25) is 0 Å². The quantitative estimate of drug-likeness (QED) is 0.0273. The summed E-state index contributed by atoms with van der Waals surface area (Å²) in [5.41, 5.74) is 19.4. The van der Waals surface area contributed by atoms with E-state index in [1.165, 1.54) is 291 Å². The second-order valence-electron chi connectivity index (χ2n) is 22.9. The SMILES string of the molecule is CCCCCc1cccc(C2=CC(CCCC)=C(c3cccc(CCCCC)c3)[N+]2=[N-])c1.[CH2-]CCCCCCCCCCCCCCCCCCCC.[CH2-]CCCCCCCCCCCCCCCCCCCC.[Ni+2]. The third kappa shape index (κ3) is 41.7. The van der Waals surface area contributed by atoms with Crippen molar-refractivity contribution in [1.29, 1.82) is 0 Å². The topological polar surface area (TPSA) is 25.3 Å². The summed E-state index contributed by atoms with van der Waals surface area (Å²) in [6, 6.07) is 17.5. The maximum absolute atomic E-state index is 11.3. The number of nitrogens with zero attached hydrogens (tertiary/aromatic N) is 2. The first-order chi connectivity index (χ1) is 36.5. The first-order valence-corrected chi connectivity index (χ1v) is 33.2. The third-order valence-corrected chi connectivity index (χ3v) is 15.6. The molecule has 75 heavy (non-hydrogen) atoms. The predicted octanol–water partition coefficient (Wildman–Crippen LogP) is 25.6. The van der Waals surface area contributed by atoms with Crippen LogP contribution in [0.3, 0.4) is 0 Å². The molecule has 2 aromatic carbocycles. The van der Waals surface area contributed by atoms with Gasteiger partial charge in [0.1, 0.15) is 0 Å². The molecule has 0 atom stereocenters. The van der Waals surface area contributed by atoms with E-state index in [4.69, 9.17) is 0 Å². The molecule has 0 aliphatic carbocycles. The van der Waals surface area contributed by atoms with E-state index in [1.54, 1.807) is 0 Å². The predicted molar refractivity (Wildman–Crippen MR) is 335 cm³/mol. The van der Waals surface area contributed by atoms with Crippen molar-refractivity contribution in [2.24, 2.45) is 0 Å². The largest absolute Gasteiger partial charge is 2.00 e. The average molecular weight is 1080 g/mol. The van der Waals surface area contributed by atoms with Crippen molar-refractivity contribution < 1.29 is 21.2 Å². The third-order valence-electron chi connectivity index (χ3n) is 15.6. The molecule has 1 aliphatic heterocycles. The van der Waals surface area contributed by atoms with E-state index >= 15 is 0 Å². The molecule has 0 amide bonds. The van der Waals surface area contributed by atoms with E-state index in [0.717, 1.165) is 67.5 Å². The Morgan fingerprint density at radius 3 is 0.933 bits per heavy atom. The van der Waals surface area contributed by atoms with Crippen LogP contribution in [-0.2, 0) is 29.3 Å².